The van der Waals surface area contributed by atoms with Crippen LogP contribution in [0.1, 0.15) is 32.5 Å². The second kappa shape index (κ2) is 5.61. The summed E-state index contributed by atoms with van der Waals surface area (Å²) >= 11 is 0. The molecule has 106 valence electrons. The standard InChI is InChI=1S/C13H23N5O/c1-13(2,12(14)16-19)4-3-6-17-8-9-18-7-5-15-11(18)10-17/h5,7,19H,3-4,6,8-10H2,1-2H3,(H2,14,16). The van der Waals surface area contributed by atoms with E-state index in [9.17, 15) is 0 Å². The van der Waals surface area contributed by atoms with Crippen molar-refractivity contribution in [3.05, 3.63) is 18.2 Å². The Hall–Kier alpha value is -1.56. The van der Waals surface area contributed by atoms with Gasteiger partial charge in [-0.05, 0) is 19.4 Å². The molecule has 2 rings (SSSR count). The zero-order valence-corrected chi connectivity index (χ0v) is 11.7. The monoisotopic (exact) mass is 265 g/mol. The summed E-state index contributed by atoms with van der Waals surface area (Å²) < 4.78 is 2.21. The zero-order valence-electron chi connectivity index (χ0n) is 11.7. The molecule has 0 saturated carbocycles. The topological polar surface area (TPSA) is 79.7 Å². The highest BCUT2D eigenvalue weighted by atomic mass is 16.4. The van der Waals surface area contributed by atoms with Crippen molar-refractivity contribution in [2.24, 2.45) is 16.3 Å². The van der Waals surface area contributed by atoms with Gasteiger partial charge >= 0.3 is 0 Å². The average molecular weight is 265 g/mol. The predicted molar refractivity (Wildman–Crippen MR) is 73.9 cm³/mol. The summed E-state index contributed by atoms with van der Waals surface area (Å²) in [5.41, 5.74) is 5.45. The molecule has 6 nitrogen and oxygen atoms in total. The number of nitrogens with zero attached hydrogens (tertiary/aromatic N) is 4. The van der Waals surface area contributed by atoms with E-state index < -0.39 is 0 Å². The van der Waals surface area contributed by atoms with Crippen LogP contribution >= 0.6 is 0 Å². The van der Waals surface area contributed by atoms with E-state index in [-0.39, 0.29) is 5.41 Å². The molecule has 1 aliphatic heterocycles. The van der Waals surface area contributed by atoms with E-state index in [0.717, 1.165) is 44.8 Å². The van der Waals surface area contributed by atoms with E-state index in [1.807, 2.05) is 26.2 Å². The number of amidine groups is 1. The van der Waals surface area contributed by atoms with Crippen LogP contribution in [0.15, 0.2) is 17.5 Å². The van der Waals surface area contributed by atoms with Gasteiger partial charge in [0.2, 0.25) is 0 Å². The van der Waals surface area contributed by atoms with Gasteiger partial charge in [0.15, 0.2) is 0 Å². The van der Waals surface area contributed by atoms with Crippen molar-refractivity contribution in [3.8, 4) is 0 Å². The van der Waals surface area contributed by atoms with Gasteiger partial charge in [-0.25, -0.2) is 4.98 Å². The Morgan fingerprint density at radius 3 is 3.05 bits per heavy atom. The molecule has 0 fully saturated rings. The molecule has 1 aliphatic rings. The first-order valence-electron chi connectivity index (χ1n) is 6.73. The van der Waals surface area contributed by atoms with Crippen LogP contribution < -0.4 is 5.73 Å². The van der Waals surface area contributed by atoms with Crippen molar-refractivity contribution >= 4 is 5.84 Å². The van der Waals surface area contributed by atoms with Crippen molar-refractivity contribution in [1.29, 1.82) is 0 Å². The molecule has 0 spiro atoms. The minimum Gasteiger partial charge on any atom is -0.409 e. The summed E-state index contributed by atoms with van der Waals surface area (Å²) in [4.78, 5) is 6.76. The van der Waals surface area contributed by atoms with Gasteiger partial charge in [-0.15, -0.1) is 0 Å². The summed E-state index contributed by atoms with van der Waals surface area (Å²) in [6, 6.07) is 0. The third-order valence-corrected chi connectivity index (χ3v) is 3.90. The molecule has 1 aromatic heterocycles. The maximum absolute atomic E-state index is 8.75. The van der Waals surface area contributed by atoms with Crippen LogP contribution in [0, 0.1) is 5.41 Å². The minimum absolute atomic E-state index is 0.247. The highest BCUT2D eigenvalue weighted by Gasteiger charge is 2.24. The molecule has 2 heterocycles. The van der Waals surface area contributed by atoms with Crippen molar-refractivity contribution in [3.63, 3.8) is 0 Å². The summed E-state index contributed by atoms with van der Waals surface area (Å²) in [5, 5.41) is 11.9. The van der Waals surface area contributed by atoms with E-state index in [0.29, 0.717) is 5.84 Å². The Labute approximate surface area is 113 Å². The van der Waals surface area contributed by atoms with Crippen LogP contribution in [0.4, 0.5) is 0 Å². The SMILES string of the molecule is CC(C)(CCCN1CCn2ccnc2C1)C(N)=NO. The summed E-state index contributed by atoms with van der Waals surface area (Å²) in [6.07, 6.45) is 5.84. The van der Waals surface area contributed by atoms with Crippen molar-refractivity contribution < 1.29 is 5.21 Å². The molecule has 19 heavy (non-hydrogen) atoms. The first-order valence-corrected chi connectivity index (χ1v) is 6.73. The van der Waals surface area contributed by atoms with Crippen LogP contribution in [-0.2, 0) is 13.1 Å². The van der Waals surface area contributed by atoms with Crippen molar-refractivity contribution in [2.75, 3.05) is 13.1 Å². The van der Waals surface area contributed by atoms with Gasteiger partial charge in [-0.1, -0.05) is 19.0 Å². The molecule has 0 saturated heterocycles. The maximum atomic E-state index is 8.75. The molecule has 0 bridgehead atoms. The van der Waals surface area contributed by atoms with Crippen LogP contribution in [0.5, 0.6) is 0 Å². The number of fused-ring (bicyclic) bond motifs is 1. The van der Waals surface area contributed by atoms with Gasteiger partial charge in [-0.3, -0.25) is 4.90 Å². The lowest BCUT2D eigenvalue weighted by Gasteiger charge is -2.29. The molecule has 3 N–H and O–H groups in total. The van der Waals surface area contributed by atoms with E-state index in [1.54, 1.807) is 0 Å². The predicted octanol–water partition coefficient (Wildman–Crippen LogP) is 1.25. The van der Waals surface area contributed by atoms with Crippen LogP contribution in [0.3, 0.4) is 0 Å². The first kappa shape index (κ1) is 13.9. The largest absolute Gasteiger partial charge is 0.409 e. The van der Waals surface area contributed by atoms with Gasteiger partial charge < -0.3 is 15.5 Å². The third-order valence-electron chi connectivity index (χ3n) is 3.90. The van der Waals surface area contributed by atoms with E-state index >= 15 is 0 Å². The van der Waals surface area contributed by atoms with Gasteiger partial charge in [0, 0.05) is 30.9 Å². The number of hydrogen-bond donors (Lipinski definition) is 2. The molecule has 0 atom stereocenters. The number of nitrogens with two attached hydrogens (primary N) is 1. The Morgan fingerprint density at radius 2 is 2.32 bits per heavy atom. The molecule has 0 amide bonds. The summed E-state index contributed by atoms with van der Waals surface area (Å²) in [5.74, 6) is 1.45. The van der Waals surface area contributed by atoms with E-state index in [1.165, 1.54) is 0 Å². The molecular formula is C13H23N5O. The number of imidazole rings is 1. The Kier molecular flexibility index (Phi) is 4.09. The lowest BCUT2D eigenvalue weighted by molar-refractivity contribution is 0.206. The molecule has 0 unspecified atom stereocenters. The Morgan fingerprint density at radius 1 is 1.53 bits per heavy atom. The zero-order chi connectivity index (χ0) is 13.9. The second-order valence-corrected chi connectivity index (χ2v) is 5.79. The van der Waals surface area contributed by atoms with E-state index in [4.69, 9.17) is 10.9 Å². The fourth-order valence-electron chi connectivity index (χ4n) is 2.42. The number of oxime groups is 1. The second-order valence-electron chi connectivity index (χ2n) is 5.79. The van der Waals surface area contributed by atoms with Crippen LogP contribution in [-0.4, -0.2) is 38.6 Å². The Bertz CT molecular complexity index is 452. The lowest BCUT2D eigenvalue weighted by Crippen LogP contribution is -2.36. The van der Waals surface area contributed by atoms with Gasteiger partial charge in [0.25, 0.3) is 0 Å². The Balaban J connectivity index is 1.79. The fourth-order valence-corrected chi connectivity index (χ4v) is 2.42. The van der Waals surface area contributed by atoms with Gasteiger partial charge in [0.05, 0.1) is 6.54 Å². The van der Waals surface area contributed by atoms with Gasteiger partial charge in [-0.2, -0.15) is 0 Å². The molecule has 1 aromatic rings. The summed E-state index contributed by atoms with van der Waals surface area (Å²) in [6.45, 7) is 8.02. The van der Waals surface area contributed by atoms with Crippen LogP contribution in [0.2, 0.25) is 0 Å². The fraction of sp³-hybridized carbons (Fsp3) is 0.692. The molecule has 0 aromatic carbocycles. The number of rotatable bonds is 5. The molecule has 0 radical (unpaired) electrons. The molecule has 6 heteroatoms. The van der Waals surface area contributed by atoms with Crippen LogP contribution in [0.25, 0.3) is 0 Å². The van der Waals surface area contributed by atoms with E-state index in [2.05, 4.69) is 19.6 Å². The maximum Gasteiger partial charge on any atom is 0.144 e. The minimum atomic E-state index is -0.247. The van der Waals surface area contributed by atoms with Crippen molar-refractivity contribution in [1.82, 2.24) is 14.5 Å². The average Bonchev–Trinajstić information content (AvgIpc) is 2.84. The highest BCUT2D eigenvalue weighted by Crippen LogP contribution is 2.23. The summed E-state index contributed by atoms with van der Waals surface area (Å²) in [7, 11) is 0. The highest BCUT2D eigenvalue weighted by molar-refractivity contribution is 5.85. The van der Waals surface area contributed by atoms with Crippen molar-refractivity contribution in [2.45, 2.75) is 39.8 Å². The quantitative estimate of drug-likeness (QED) is 0.363. The first-order chi connectivity index (χ1) is 9.03. The lowest BCUT2D eigenvalue weighted by atomic mass is 9.86. The van der Waals surface area contributed by atoms with Gasteiger partial charge in [0.1, 0.15) is 11.7 Å². The molecular weight excluding hydrogens is 242 g/mol. The smallest absolute Gasteiger partial charge is 0.144 e. The third kappa shape index (κ3) is 3.26. The molecule has 0 aliphatic carbocycles. The normalized spacial score (nSPS) is 17.5. The number of hydrogen-bond acceptors (Lipinski definition) is 4. The number of aromatic nitrogens is 2.